The lowest BCUT2D eigenvalue weighted by atomic mass is 10.3. The Morgan fingerprint density at radius 2 is 2.29 bits per heavy atom. The Hall–Kier alpha value is -1.36. The molecule has 3 N–H and O–H groups in total. The van der Waals surface area contributed by atoms with Gasteiger partial charge in [0, 0.05) is 12.6 Å². The van der Waals surface area contributed by atoms with Crippen molar-refractivity contribution in [2.24, 2.45) is 0 Å². The van der Waals surface area contributed by atoms with Crippen LogP contribution in [0.25, 0.3) is 0 Å². The van der Waals surface area contributed by atoms with E-state index in [9.17, 15) is 0 Å². The Balaban J connectivity index is 2.39. The van der Waals surface area contributed by atoms with Crippen molar-refractivity contribution in [2.45, 2.75) is 19.9 Å². The standard InChI is InChI=1S/C9H16N4O/c1-3-14-6-7(2)11-9-5-4-8(10)12-13-9/h4-5,7H,3,6H2,1-2H3,(H2,10,12)(H,11,13). The fourth-order valence-electron chi connectivity index (χ4n) is 1.01. The quantitative estimate of drug-likeness (QED) is 0.731. The summed E-state index contributed by atoms with van der Waals surface area (Å²) in [5.74, 6) is 1.14. The molecule has 78 valence electrons. The minimum Gasteiger partial charge on any atom is -0.382 e. The van der Waals surface area contributed by atoms with Crippen molar-refractivity contribution < 1.29 is 4.74 Å². The highest BCUT2D eigenvalue weighted by Gasteiger charge is 2.02. The number of ether oxygens (including phenoxy) is 1. The van der Waals surface area contributed by atoms with E-state index in [4.69, 9.17) is 10.5 Å². The molecule has 1 rings (SSSR count). The fourth-order valence-corrected chi connectivity index (χ4v) is 1.01. The lowest BCUT2D eigenvalue weighted by molar-refractivity contribution is 0.141. The van der Waals surface area contributed by atoms with Crippen LogP contribution in [0, 0.1) is 0 Å². The first kappa shape index (κ1) is 10.7. The van der Waals surface area contributed by atoms with E-state index in [0.717, 1.165) is 6.61 Å². The van der Waals surface area contributed by atoms with Crippen LogP contribution >= 0.6 is 0 Å². The van der Waals surface area contributed by atoms with E-state index in [0.29, 0.717) is 18.2 Å². The summed E-state index contributed by atoms with van der Waals surface area (Å²) >= 11 is 0. The number of hydrogen-bond donors (Lipinski definition) is 2. The summed E-state index contributed by atoms with van der Waals surface area (Å²) in [7, 11) is 0. The van der Waals surface area contributed by atoms with Gasteiger partial charge in [-0.2, -0.15) is 0 Å². The Morgan fingerprint density at radius 1 is 1.50 bits per heavy atom. The van der Waals surface area contributed by atoms with Gasteiger partial charge in [-0.25, -0.2) is 0 Å². The minimum absolute atomic E-state index is 0.216. The van der Waals surface area contributed by atoms with Gasteiger partial charge in [0.25, 0.3) is 0 Å². The molecule has 0 amide bonds. The van der Waals surface area contributed by atoms with Crippen LogP contribution in [0.1, 0.15) is 13.8 Å². The second-order valence-corrected chi connectivity index (χ2v) is 3.05. The zero-order valence-electron chi connectivity index (χ0n) is 8.53. The van der Waals surface area contributed by atoms with Crippen molar-refractivity contribution in [1.29, 1.82) is 0 Å². The van der Waals surface area contributed by atoms with Gasteiger partial charge >= 0.3 is 0 Å². The van der Waals surface area contributed by atoms with Crippen LogP contribution in [0.2, 0.25) is 0 Å². The Labute approximate surface area is 83.7 Å². The van der Waals surface area contributed by atoms with E-state index < -0.39 is 0 Å². The molecule has 0 saturated carbocycles. The molecule has 0 aromatic carbocycles. The van der Waals surface area contributed by atoms with Crippen LogP contribution < -0.4 is 11.1 Å². The maximum atomic E-state index is 5.41. The van der Waals surface area contributed by atoms with E-state index in [-0.39, 0.29) is 6.04 Å². The molecule has 14 heavy (non-hydrogen) atoms. The summed E-state index contributed by atoms with van der Waals surface area (Å²) in [6.07, 6.45) is 0. The number of rotatable bonds is 5. The summed E-state index contributed by atoms with van der Waals surface area (Å²) in [5, 5.41) is 10.8. The summed E-state index contributed by atoms with van der Waals surface area (Å²) in [6.45, 7) is 5.37. The Morgan fingerprint density at radius 3 is 2.86 bits per heavy atom. The van der Waals surface area contributed by atoms with Gasteiger partial charge in [-0.05, 0) is 26.0 Å². The lowest BCUT2D eigenvalue weighted by Gasteiger charge is -2.13. The molecule has 1 aromatic heterocycles. The van der Waals surface area contributed by atoms with Gasteiger partial charge in [-0.15, -0.1) is 10.2 Å². The van der Waals surface area contributed by atoms with E-state index in [1.54, 1.807) is 12.1 Å². The maximum Gasteiger partial charge on any atom is 0.149 e. The monoisotopic (exact) mass is 196 g/mol. The average Bonchev–Trinajstić information content (AvgIpc) is 2.18. The number of nitrogens with zero attached hydrogens (tertiary/aromatic N) is 2. The molecule has 1 aromatic rings. The largest absolute Gasteiger partial charge is 0.382 e. The first-order valence-corrected chi connectivity index (χ1v) is 4.66. The number of nitrogen functional groups attached to an aromatic ring is 1. The zero-order chi connectivity index (χ0) is 10.4. The summed E-state index contributed by atoms with van der Waals surface area (Å²) in [4.78, 5) is 0. The van der Waals surface area contributed by atoms with Crippen LogP contribution in [0.3, 0.4) is 0 Å². The third-order valence-electron chi connectivity index (χ3n) is 1.65. The Bertz CT molecular complexity index is 262. The van der Waals surface area contributed by atoms with Gasteiger partial charge in [0.1, 0.15) is 11.6 Å². The number of nitrogens with one attached hydrogen (secondary N) is 1. The maximum absolute atomic E-state index is 5.41. The molecule has 0 aliphatic heterocycles. The average molecular weight is 196 g/mol. The second kappa shape index (κ2) is 5.39. The number of hydrogen-bond acceptors (Lipinski definition) is 5. The van der Waals surface area contributed by atoms with Crippen LogP contribution in [-0.2, 0) is 4.74 Å². The molecule has 5 nitrogen and oxygen atoms in total. The zero-order valence-corrected chi connectivity index (χ0v) is 8.53. The van der Waals surface area contributed by atoms with E-state index in [2.05, 4.69) is 15.5 Å². The summed E-state index contributed by atoms with van der Waals surface area (Å²) in [6, 6.07) is 3.72. The smallest absolute Gasteiger partial charge is 0.149 e. The van der Waals surface area contributed by atoms with Crippen molar-refractivity contribution in [3.05, 3.63) is 12.1 Å². The topological polar surface area (TPSA) is 73.1 Å². The van der Waals surface area contributed by atoms with Crippen molar-refractivity contribution in [3.8, 4) is 0 Å². The van der Waals surface area contributed by atoms with Gasteiger partial charge < -0.3 is 15.8 Å². The molecule has 0 radical (unpaired) electrons. The van der Waals surface area contributed by atoms with Gasteiger partial charge in [0.05, 0.1) is 6.61 Å². The predicted molar refractivity (Wildman–Crippen MR) is 56.0 cm³/mol. The summed E-state index contributed by atoms with van der Waals surface area (Å²) in [5.41, 5.74) is 5.41. The molecule has 0 aliphatic rings. The third-order valence-corrected chi connectivity index (χ3v) is 1.65. The molecule has 1 heterocycles. The van der Waals surface area contributed by atoms with Crippen molar-refractivity contribution in [2.75, 3.05) is 24.3 Å². The molecule has 5 heteroatoms. The molecule has 0 spiro atoms. The van der Waals surface area contributed by atoms with E-state index in [1.165, 1.54) is 0 Å². The molecule has 0 fully saturated rings. The van der Waals surface area contributed by atoms with Crippen LogP contribution in [0.15, 0.2) is 12.1 Å². The van der Waals surface area contributed by atoms with Crippen LogP contribution in [0.5, 0.6) is 0 Å². The highest BCUT2D eigenvalue weighted by molar-refractivity contribution is 5.38. The highest BCUT2D eigenvalue weighted by atomic mass is 16.5. The van der Waals surface area contributed by atoms with Gasteiger partial charge in [-0.1, -0.05) is 0 Å². The van der Waals surface area contributed by atoms with Gasteiger partial charge in [0.15, 0.2) is 0 Å². The van der Waals surface area contributed by atoms with E-state index >= 15 is 0 Å². The molecule has 1 unspecified atom stereocenters. The molecule has 0 saturated heterocycles. The first-order valence-electron chi connectivity index (χ1n) is 4.66. The lowest BCUT2D eigenvalue weighted by Crippen LogP contribution is -2.22. The van der Waals surface area contributed by atoms with E-state index in [1.807, 2.05) is 13.8 Å². The first-order chi connectivity index (χ1) is 6.72. The molecule has 0 bridgehead atoms. The second-order valence-electron chi connectivity index (χ2n) is 3.05. The number of nitrogens with two attached hydrogens (primary N) is 1. The van der Waals surface area contributed by atoms with Gasteiger partial charge in [-0.3, -0.25) is 0 Å². The molecule has 1 atom stereocenters. The molecular formula is C9H16N4O. The minimum atomic E-state index is 0.216. The van der Waals surface area contributed by atoms with Crippen LogP contribution in [-0.4, -0.2) is 29.5 Å². The van der Waals surface area contributed by atoms with Crippen molar-refractivity contribution >= 4 is 11.6 Å². The third kappa shape index (κ3) is 3.57. The normalized spacial score (nSPS) is 12.4. The molecular weight excluding hydrogens is 180 g/mol. The highest BCUT2D eigenvalue weighted by Crippen LogP contribution is 2.04. The van der Waals surface area contributed by atoms with Gasteiger partial charge in [0.2, 0.25) is 0 Å². The fraction of sp³-hybridized carbons (Fsp3) is 0.556. The molecule has 0 aliphatic carbocycles. The van der Waals surface area contributed by atoms with Crippen LogP contribution in [0.4, 0.5) is 11.6 Å². The SMILES string of the molecule is CCOCC(C)Nc1ccc(N)nn1. The van der Waals surface area contributed by atoms with Crippen molar-refractivity contribution in [1.82, 2.24) is 10.2 Å². The predicted octanol–water partition coefficient (Wildman–Crippen LogP) is 0.896. The summed E-state index contributed by atoms with van der Waals surface area (Å²) < 4.78 is 5.26. The Kier molecular flexibility index (Phi) is 4.12. The number of anilines is 2. The number of aromatic nitrogens is 2. The van der Waals surface area contributed by atoms with Crippen molar-refractivity contribution in [3.63, 3.8) is 0 Å².